The van der Waals surface area contributed by atoms with E-state index in [1.165, 1.54) is 0 Å². The van der Waals surface area contributed by atoms with Crippen molar-refractivity contribution in [1.29, 1.82) is 0 Å². The van der Waals surface area contributed by atoms with Gasteiger partial charge in [0.2, 0.25) is 11.8 Å². The molecule has 0 unspecified atom stereocenters. The van der Waals surface area contributed by atoms with Crippen molar-refractivity contribution in [2.24, 2.45) is 11.7 Å². The second-order valence-corrected chi connectivity index (χ2v) is 6.25. The summed E-state index contributed by atoms with van der Waals surface area (Å²) in [4.78, 5) is 25.4. The van der Waals surface area contributed by atoms with Crippen molar-refractivity contribution in [2.45, 2.75) is 38.6 Å². The van der Waals surface area contributed by atoms with Gasteiger partial charge in [0.05, 0.1) is 0 Å². The topological polar surface area (TPSA) is 75.4 Å². The molecule has 3 N–H and O–H groups in total. The number of rotatable bonds is 8. The van der Waals surface area contributed by atoms with E-state index in [1.807, 2.05) is 30.3 Å². The van der Waals surface area contributed by atoms with E-state index in [-0.39, 0.29) is 30.6 Å². The van der Waals surface area contributed by atoms with Crippen LogP contribution in [-0.2, 0) is 16.1 Å². The van der Waals surface area contributed by atoms with Crippen molar-refractivity contribution in [1.82, 2.24) is 10.2 Å². The fourth-order valence-electron chi connectivity index (χ4n) is 3.00. The molecule has 6 heteroatoms. The summed E-state index contributed by atoms with van der Waals surface area (Å²) < 4.78 is 0. The highest BCUT2D eigenvalue weighted by molar-refractivity contribution is 5.85. The highest BCUT2D eigenvalue weighted by Crippen LogP contribution is 2.19. The maximum atomic E-state index is 12.6. The molecule has 1 aliphatic heterocycles. The zero-order valence-electron chi connectivity index (χ0n) is 14.1. The molecule has 0 aromatic heterocycles. The molecule has 1 saturated heterocycles. The van der Waals surface area contributed by atoms with E-state index >= 15 is 0 Å². The monoisotopic (exact) mass is 353 g/mol. The van der Waals surface area contributed by atoms with Gasteiger partial charge in [0.15, 0.2) is 0 Å². The first-order valence-electron chi connectivity index (χ1n) is 8.46. The van der Waals surface area contributed by atoms with Crippen LogP contribution in [0.25, 0.3) is 0 Å². The third kappa shape index (κ3) is 7.32. The third-order valence-corrected chi connectivity index (χ3v) is 4.42. The van der Waals surface area contributed by atoms with Crippen LogP contribution >= 0.6 is 12.4 Å². The van der Waals surface area contributed by atoms with E-state index in [1.54, 1.807) is 4.90 Å². The van der Waals surface area contributed by atoms with Gasteiger partial charge in [-0.25, -0.2) is 0 Å². The number of nitrogens with zero attached hydrogens (tertiary/aromatic N) is 1. The Balaban J connectivity index is 0.00000288. The summed E-state index contributed by atoms with van der Waals surface area (Å²) in [7, 11) is 0. The van der Waals surface area contributed by atoms with Gasteiger partial charge in [0, 0.05) is 25.9 Å². The van der Waals surface area contributed by atoms with Gasteiger partial charge >= 0.3 is 0 Å². The Kier molecular flexibility index (Phi) is 9.42. The van der Waals surface area contributed by atoms with E-state index in [0.29, 0.717) is 25.4 Å². The fraction of sp³-hybridized carbons (Fsp3) is 0.556. The number of nitrogens with one attached hydrogen (secondary N) is 1. The molecule has 1 fully saturated rings. The highest BCUT2D eigenvalue weighted by atomic mass is 35.5. The summed E-state index contributed by atoms with van der Waals surface area (Å²) in [5.74, 6) is 0.387. The lowest BCUT2D eigenvalue weighted by Crippen LogP contribution is -2.34. The molecule has 1 aromatic rings. The first kappa shape index (κ1) is 20.5. The van der Waals surface area contributed by atoms with E-state index in [4.69, 9.17) is 5.73 Å². The number of nitrogens with two attached hydrogens (primary N) is 1. The molecule has 0 atom stereocenters. The summed E-state index contributed by atoms with van der Waals surface area (Å²) in [5, 5.41) is 3.34. The van der Waals surface area contributed by atoms with Crippen molar-refractivity contribution in [3.8, 4) is 0 Å². The molecule has 0 saturated carbocycles. The van der Waals surface area contributed by atoms with Gasteiger partial charge in [-0.1, -0.05) is 30.3 Å². The van der Waals surface area contributed by atoms with Crippen LogP contribution in [-0.4, -0.2) is 36.3 Å². The molecular weight excluding hydrogens is 326 g/mol. The second-order valence-electron chi connectivity index (χ2n) is 6.25. The average Bonchev–Trinajstić information content (AvgIpc) is 2.58. The third-order valence-electron chi connectivity index (χ3n) is 4.42. The largest absolute Gasteiger partial charge is 0.370 e. The zero-order valence-corrected chi connectivity index (χ0v) is 14.9. The lowest BCUT2D eigenvalue weighted by atomic mass is 9.93. The van der Waals surface area contributed by atoms with Gasteiger partial charge in [-0.15, -0.1) is 12.4 Å². The molecule has 5 nitrogen and oxygen atoms in total. The minimum absolute atomic E-state index is 0. The second kappa shape index (κ2) is 11.0. The number of halogens is 1. The van der Waals surface area contributed by atoms with Gasteiger partial charge in [0.1, 0.15) is 0 Å². The number of primary amides is 1. The molecule has 1 aromatic carbocycles. The minimum atomic E-state index is -0.366. The van der Waals surface area contributed by atoms with Crippen LogP contribution in [0.15, 0.2) is 30.3 Å². The summed E-state index contributed by atoms with van der Waals surface area (Å²) in [5.41, 5.74) is 6.32. The van der Waals surface area contributed by atoms with Crippen LogP contribution in [0.4, 0.5) is 0 Å². The van der Waals surface area contributed by atoms with E-state index < -0.39 is 0 Å². The molecule has 24 heavy (non-hydrogen) atoms. The lowest BCUT2D eigenvalue weighted by Gasteiger charge is -2.25. The van der Waals surface area contributed by atoms with Crippen LogP contribution in [0.5, 0.6) is 0 Å². The van der Waals surface area contributed by atoms with Crippen LogP contribution in [0.2, 0.25) is 0 Å². The summed E-state index contributed by atoms with van der Waals surface area (Å²) in [6.07, 6.45) is 3.99. The number of benzene rings is 1. The van der Waals surface area contributed by atoms with Crippen molar-refractivity contribution < 1.29 is 9.59 Å². The van der Waals surface area contributed by atoms with Crippen molar-refractivity contribution >= 4 is 24.2 Å². The van der Waals surface area contributed by atoms with Crippen LogP contribution < -0.4 is 11.1 Å². The molecule has 1 aliphatic rings. The van der Waals surface area contributed by atoms with Gasteiger partial charge in [-0.3, -0.25) is 9.59 Å². The van der Waals surface area contributed by atoms with Crippen LogP contribution in [0.1, 0.15) is 37.7 Å². The Morgan fingerprint density at radius 1 is 1.12 bits per heavy atom. The summed E-state index contributed by atoms with van der Waals surface area (Å²) in [6, 6.07) is 9.87. The van der Waals surface area contributed by atoms with Crippen molar-refractivity contribution in [3.05, 3.63) is 35.9 Å². The minimum Gasteiger partial charge on any atom is -0.370 e. The van der Waals surface area contributed by atoms with Gasteiger partial charge < -0.3 is 16.0 Å². The smallest absolute Gasteiger partial charge is 0.222 e. The van der Waals surface area contributed by atoms with Crippen LogP contribution in [0.3, 0.4) is 0 Å². The predicted octanol–water partition coefficient (Wildman–Crippen LogP) is 2.09. The Morgan fingerprint density at radius 3 is 2.42 bits per heavy atom. The fourth-order valence-corrected chi connectivity index (χ4v) is 3.00. The highest BCUT2D eigenvalue weighted by Gasteiger charge is 2.18. The molecular formula is C18H28ClN3O2. The Bertz CT molecular complexity index is 504. The SMILES string of the molecule is Cl.NC(=O)CCN(Cc1ccccc1)C(=O)CCC1CCNCC1. The number of carbonyl (C=O) groups is 2. The summed E-state index contributed by atoms with van der Waals surface area (Å²) >= 11 is 0. The molecule has 0 aliphatic carbocycles. The quantitative estimate of drug-likeness (QED) is 0.751. The van der Waals surface area contributed by atoms with Crippen LogP contribution in [0, 0.1) is 5.92 Å². The lowest BCUT2D eigenvalue weighted by molar-refractivity contribution is -0.132. The number of amides is 2. The number of piperidine rings is 1. The molecule has 0 bridgehead atoms. The average molecular weight is 354 g/mol. The van der Waals surface area contributed by atoms with Crippen molar-refractivity contribution in [3.63, 3.8) is 0 Å². The summed E-state index contributed by atoms with van der Waals surface area (Å²) in [6.45, 7) is 3.04. The number of hydrogen-bond donors (Lipinski definition) is 2. The van der Waals surface area contributed by atoms with Gasteiger partial charge in [0.25, 0.3) is 0 Å². The molecule has 134 valence electrons. The van der Waals surface area contributed by atoms with E-state index in [9.17, 15) is 9.59 Å². The number of hydrogen-bond acceptors (Lipinski definition) is 3. The predicted molar refractivity (Wildman–Crippen MR) is 97.7 cm³/mol. The van der Waals surface area contributed by atoms with Gasteiger partial charge in [-0.2, -0.15) is 0 Å². The standard InChI is InChI=1S/C18H27N3O2.ClH/c19-17(22)10-13-21(14-16-4-2-1-3-5-16)18(23)7-6-15-8-11-20-12-9-15;/h1-5,15,20H,6-14H2,(H2,19,22);1H. The maximum absolute atomic E-state index is 12.6. The Morgan fingerprint density at radius 2 is 1.79 bits per heavy atom. The zero-order chi connectivity index (χ0) is 16.5. The molecule has 0 radical (unpaired) electrons. The van der Waals surface area contributed by atoms with Crippen molar-refractivity contribution in [2.75, 3.05) is 19.6 Å². The first-order chi connectivity index (χ1) is 11.1. The molecule has 2 amide bonds. The van der Waals surface area contributed by atoms with E-state index in [2.05, 4.69) is 5.32 Å². The Hall–Kier alpha value is -1.59. The van der Waals surface area contributed by atoms with Gasteiger partial charge in [-0.05, 0) is 43.8 Å². The molecule has 1 heterocycles. The number of carbonyl (C=O) groups excluding carboxylic acids is 2. The van der Waals surface area contributed by atoms with E-state index in [0.717, 1.165) is 37.9 Å². The molecule has 2 rings (SSSR count). The maximum Gasteiger partial charge on any atom is 0.222 e. The molecule has 0 spiro atoms. The first-order valence-corrected chi connectivity index (χ1v) is 8.46. The Labute approximate surface area is 150 Å². The normalized spacial score (nSPS) is 14.7.